The fourth-order valence-corrected chi connectivity index (χ4v) is 2.48. The summed E-state index contributed by atoms with van der Waals surface area (Å²) in [6.07, 6.45) is 0.223. The molecule has 2 atom stereocenters. The molecule has 2 aliphatic rings. The molecule has 0 aliphatic carbocycles. The lowest BCUT2D eigenvalue weighted by atomic mass is 9.94. The van der Waals surface area contributed by atoms with E-state index >= 15 is 0 Å². The number of piperidine rings is 1. The summed E-state index contributed by atoms with van der Waals surface area (Å²) >= 11 is 0. The van der Waals surface area contributed by atoms with E-state index in [2.05, 4.69) is 5.32 Å². The van der Waals surface area contributed by atoms with Crippen molar-refractivity contribution in [3.05, 3.63) is 0 Å². The molecule has 13 heavy (non-hydrogen) atoms. The SMILES string of the molecule is FC(F)CN1CC2CCCNC2C1. The number of nitrogens with zero attached hydrogens (tertiary/aromatic N) is 1. The molecule has 0 aromatic carbocycles. The molecule has 0 bridgehead atoms. The van der Waals surface area contributed by atoms with Crippen molar-refractivity contribution >= 4 is 0 Å². The normalized spacial score (nSPS) is 35.3. The lowest BCUT2D eigenvalue weighted by Crippen LogP contribution is -2.40. The van der Waals surface area contributed by atoms with Gasteiger partial charge in [0.25, 0.3) is 6.43 Å². The first-order valence-electron chi connectivity index (χ1n) is 4.99. The van der Waals surface area contributed by atoms with Crippen molar-refractivity contribution in [2.24, 2.45) is 5.92 Å². The van der Waals surface area contributed by atoms with Gasteiger partial charge >= 0.3 is 0 Å². The highest BCUT2D eigenvalue weighted by Crippen LogP contribution is 2.24. The third-order valence-electron chi connectivity index (χ3n) is 3.07. The molecule has 2 rings (SSSR count). The summed E-state index contributed by atoms with van der Waals surface area (Å²) in [5.41, 5.74) is 0. The Hall–Kier alpha value is -0.220. The molecule has 0 saturated carbocycles. The highest BCUT2D eigenvalue weighted by Gasteiger charge is 2.34. The van der Waals surface area contributed by atoms with Gasteiger partial charge in [-0.05, 0) is 25.3 Å². The van der Waals surface area contributed by atoms with Crippen LogP contribution in [0.4, 0.5) is 8.78 Å². The Morgan fingerprint density at radius 2 is 2.23 bits per heavy atom. The molecule has 1 N–H and O–H groups in total. The van der Waals surface area contributed by atoms with Crippen LogP contribution in [0.2, 0.25) is 0 Å². The Morgan fingerprint density at radius 3 is 2.92 bits per heavy atom. The van der Waals surface area contributed by atoms with E-state index in [9.17, 15) is 8.78 Å². The maximum atomic E-state index is 12.1. The van der Waals surface area contributed by atoms with Crippen LogP contribution < -0.4 is 5.32 Å². The summed E-state index contributed by atoms with van der Waals surface area (Å²) in [4.78, 5) is 1.89. The minimum Gasteiger partial charge on any atom is -0.312 e. The molecule has 2 unspecified atom stereocenters. The zero-order chi connectivity index (χ0) is 9.26. The average Bonchev–Trinajstić information content (AvgIpc) is 2.44. The second-order valence-electron chi connectivity index (χ2n) is 4.07. The number of halogens is 2. The molecule has 2 saturated heterocycles. The van der Waals surface area contributed by atoms with E-state index in [0.29, 0.717) is 12.0 Å². The summed E-state index contributed by atoms with van der Waals surface area (Å²) in [7, 11) is 0. The number of likely N-dealkylation sites (tertiary alicyclic amines) is 1. The Morgan fingerprint density at radius 1 is 1.38 bits per heavy atom. The van der Waals surface area contributed by atoms with Crippen LogP contribution in [0.25, 0.3) is 0 Å². The van der Waals surface area contributed by atoms with Gasteiger partial charge < -0.3 is 5.32 Å². The molecule has 0 aromatic heterocycles. The van der Waals surface area contributed by atoms with E-state index in [4.69, 9.17) is 0 Å². The minimum absolute atomic E-state index is 0.0469. The van der Waals surface area contributed by atoms with Crippen LogP contribution in [0.5, 0.6) is 0 Å². The molecular formula is C9H16F2N2. The highest BCUT2D eigenvalue weighted by molar-refractivity contribution is 4.91. The third kappa shape index (κ3) is 2.17. The Kier molecular flexibility index (Phi) is 2.79. The number of nitrogens with one attached hydrogen (secondary N) is 1. The zero-order valence-electron chi connectivity index (χ0n) is 7.68. The van der Waals surface area contributed by atoms with Gasteiger partial charge in [-0.15, -0.1) is 0 Å². The van der Waals surface area contributed by atoms with Crippen molar-refractivity contribution in [2.75, 3.05) is 26.2 Å². The minimum atomic E-state index is -2.18. The first-order chi connectivity index (χ1) is 6.25. The molecule has 0 radical (unpaired) electrons. The van der Waals surface area contributed by atoms with Gasteiger partial charge in [0.2, 0.25) is 0 Å². The number of hydrogen-bond donors (Lipinski definition) is 1. The van der Waals surface area contributed by atoms with Gasteiger partial charge in [-0.3, -0.25) is 4.90 Å². The van der Waals surface area contributed by atoms with Crippen molar-refractivity contribution in [2.45, 2.75) is 25.3 Å². The third-order valence-corrected chi connectivity index (χ3v) is 3.07. The maximum absolute atomic E-state index is 12.1. The molecule has 2 aliphatic heterocycles. The van der Waals surface area contributed by atoms with Crippen LogP contribution in [0.15, 0.2) is 0 Å². The smallest absolute Gasteiger partial charge is 0.251 e. The van der Waals surface area contributed by atoms with Gasteiger partial charge in [-0.2, -0.15) is 0 Å². The van der Waals surface area contributed by atoms with Gasteiger partial charge in [-0.25, -0.2) is 8.78 Å². The lowest BCUT2D eigenvalue weighted by Gasteiger charge is -2.24. The van der Waals surface area contributed by atoms with Crippen molar-refractivity contribution in [1.29, 1.82) is 0 Å². The van der Waals surface area contributed by atoms with E-state index in [1.165, 1.54) is 12.8 Å². The second kappa shape index (κ2) is 3.88. The Labute approximate surface area is 77.3 Å². The summed E-state index contributed by atoms with van der Waals surface area (Å²) in [6.45, 7) is 2.69. The van der Waals surface area contributed by atoms with Crippen LogP contribution in [0, 0.1) is 5.92 Å². The van der Waals surface area contributed by atoms with E-state index in [1.54, 1.807) is 0 Å². The molecule has 0 aromatic rings. The van der Waals surface area contributed by atoms with Gasteiger partial charge in [0, 0.05) is 19.1 Å². The monoisotopic (exact) mass is 190 g/mol. The molecule has 0 spiro atoms. The van der Waals surface area contributed by atoms with E-state index in [-0.39, 0.29) is 6.54 Å². The maximum Gasteiger partial charge on any atom is 0.251 e. The fraction of sp³-hybridized carbons (Fsp3) is 1.00. The Balaban J connectivity index is 1.84. The standard InChI is InChI=1S/C9H16F2N2/c10-9(11)6-13-4-7-2-1-3-12-8(7)5-13/h7-9,12H,1-6H2. The van der Waals surface area contributed by atoms with E-state index in [1.807, 2.05) is 4.90 Å². The van der Waals surface area contributed by atoms with E-state index in [0.717, 1.165) is 19.6 Å². The number of fused-ring (bicyclic) bond motifs is 1. The predicted octanol–water partition coefficient (Wildman–Crippen LogP) is 0.935. The summed E-state index contributed by atoms with van der Waals surface area (Å²) in [5, 5.41) is 3.40. The summed E-state index contributed by atoms with van der Waals surface area (Å²) < 4.78 is 24.2. The number of hydrogen-bond acceptors (Lipinski definition) is 2. The van der Waals surface area contributed by atoms with Crippen molar-refractivity contribution in [1.82, 2.24) is 10.2 Å². The molecule has 0 amide bonds. The van der Waals surface area contributed by atoms with Gasteiger partial charge in [0.1, 0.15) is 0 Å². The van der Waals surface area contributed by atoms with Crippen LogP contribution in [0.1, 0.15) is 12.8 Å². The van der Waals surface area contributed by atoms with Crippen LogP contribution in [-0.4, -0.2) is 43.5 Å². The topological polar surface area (TPSA) is 15.3 Å². The fourth-order valence-electron chi connectivity index (χ4n) is 2.48. The largest absolute Gasteiger partial charge is 0.312 e. The molecular weight excluding hydrogens is 174 g/mol. The molecule has 2 nitrogen and oxygen atoms in total. The summed E-state index contributed by atoms with van der Waals surface area (Å²) in [6, 6.07) is 0.479. The molecule has 2 heterocycles. The van der Waals surface area contributed by atoms with Crippen molar-refractivity contribution in [3.8, 4) is 0 Å². The van der Waals surface area contributed by atoms with Crippen molar-refractivity contribution < 1.29 is 8.78 Å². The average molecular weight is 190 g/mol. The molecule has 4 heteroatoms. The van der Waals surface area contributed by atoms with Crippen LogP contribution >= 0.6 is 0 Å². The summed E-state index contributed by atoms with van der Waals surface area (Å²) in [5.74, 6) is 0.618. The number of rotatable bonds is 2. The van der Waals surface area contributed by atoms with Gasteiger partial charge in [0.15, 0.2) is 0 Å². The lowest BCUT2D eigenvalue weighted by molar-refractivity contribution is 0.0975. The van der Waals surface area contributed by atoms with Crippen LogP contribution in [-0.2, 0) is 0 Å². The zero-order valence-corrected chi connectivity index (χ0v) is 7.68. The number of alkyl halides is 2. The Bertz CT molecular complexity index is 161. The predicted molar refractivity (Wildman–Crippen MR) is 47.0 cm³/mol. The quantitative estimate of drug-likeness (QED) is 0.697. The van der Waals surface area contributed by atoms with Crippen molar-refractivity contribution in [3.63, 3.8) is 0 Å². The second-order valence-corrected chi connectivity index (χ2v) is 4.07. The first kappa shape index (κ1) is 9.34. The van der Waals surface area contributed by atoms with Crippen LogP contribution in [0.3, 0.4) is 0 Å². The van der Waals surface area contributed by atoms with E-state index < -0.39 is 6.43 Å². The first-order valence-corrected chi connectivity index (χ1v) is 4.99. The highest BCUT2D eigenvalue weighted by atomic mass is 19.3. The molecule has 2 fully saturated rings. The molecule has 76 valence electrons. The van der Waals surface area contributed by atoms with Gasteiger partial charge in [0.05, 0.1) is 6.54 Å². The van der Waals surface area contributed by atoms with Gasteiger partial charge in [-0.1, -0.05) is 0 Å².